The van der Waals surface area contributed by atoms with Crippen LogP contribution < -0.4 is 0 Å². The molecule has 2 aromatic carbocycles. The van der Waals surface area contributed by atoms with Crippen LogP contribution in [0, 0.1) is 13.8 Å². The number of aryl methyl sites for hydroxylation is 4. The van der Waals surface area contributed by atoms with Crippen molar-refractivity contribution in [1.29, 1.82) is 0 Å². The molecule has 31 heavy (non-hydrogen) atoms. The highest BCUT2D eigenvalue weighted by molar-refractivity contribution is 5.76. The lowest BCUT2D eigenvalue weighted by atomic mass is 9.92. The Morgan fingerprint density at radius 2 is 1.77 bits per heavy atom. The largest absolute Gasteiger partial charge is 0.340 e. The summed E-state index contributed by atoms with van der Waals surface area (Å²) in [5.74, 6) is 0.242. The van der Waals surface area contributed by atoms with Crippen LogP contribution in [0.5, 0.6) is 0 Å². The summed E-state index contributed by atoms with van der Waals surface area (Å²) in [6, 6.07) is 17.7. The average molecular weight is 417 g/mol. The van der Waals surface area contributed by atoms with Gasteiger partial charge in [-0.2, -0.15) is 5.10 Å². The Balaban J connectivity index is 1.45. The van der Waals surface area contributed by atoms with Gasteiger partial charge < -0.3 is 4.90 Å². The van der Waals surface area contributed by atoms with Crippen molar-refractivity contribution in [2.24, 2.45) is 7.05 Å². The summed E-state index contributed by atoms with van der Waals surface area (Å²) in [4.78, 5) is 17.3. The van der Waals surface area contributed by atoms with Crippen LogP contribution in [-0.2, 0) is 18.3 Å². The van der Waals surface area contributed by atoms with E-state index in [1.54, 1.807) is 4.68 Å². The van der Waals surface area contributed by atoms with Crippen LogP contribution in [0.25, 0.3) is 0 Å². The predicted molar refractivity (Wildman–Crippen MR) is 124 cm³/mol. The zero-order valence-electron chi connectivity index (χ0n) is 18.8. The predicted octanol–water partition coefficient (Wildman–Crippen LogP) is 3.90. The molecular formula is C26H32N4O. The summed E-state index contributed by atoms with van der Waals surface area (Å²) in [7, 11) is 1.91. The molecule has 0 spiro atoms. The van der Waals surface area contributed by atoms with Crippen molar-refractivity contribution >= 4 is 5.91 Å². The van der Waals surface area contributed by atoms with Gasteiger partial charge in [-0.3, -0.25) is 14.4 Å². The van der Waals surface area contributed by atoms with Crippen LogP contribution in [-0.4, -0.2) is 51.7 Å². The number of aromatic nitrogens is 2. The molecule has 1 amide bonds. The molecule has 5 heteroatoms. The quantitative estimate of drug-likeness (QED) is 0.612. The van der Waals surface area contributed by atoms with Crippen LogP contribution in [0.2, 0.25) is 0 Å². The fourth-order valence-corrected chi connectivity index (χ4v) is 4.52. The van der Waals surface area contributed by atoms with Gasteiger partial charge in [0.25, 0.3) is 0 Å². The third-order valence-electron chi connectivity index (χ3n) is 6.26. The summed E-state index contributed by atoms with van der Waals surface area (Å²) in [6.45, 7) is 7.67. The molecule has 0 bridgehead atoms. The SMILES string of the molecule is Cc1ccc(C)c([C@H](c2ccccc2)N2CCN(C(=O)CCc3cnn(C)c3)CC2)c1. The van der Waals surface area contributed by atoms with Crippen molar-refractivity contribution in [3.05, 3.63) is 88.7 Å². The summed E-state index contributed by atoms with van der Waals surface area (Å²) < 4.78 is 1.79. The Morgan fingerprint density at radius 3 is 2.45 bits per heavy atom. The van der Waals surface area contributed by atoms with E-state index < -0.39 is 0 Å². The molecule has 1 aliphatic rings. The maximum absolute atomic E-state index is 12.8. The Bertz CT molecular complexity index is 1020. The first-order valence-corrected chi connectivity index (χ1v) is 11.1. The van der Waals surface area contributed by atoms with Gasteiger partial charge in [-0.1, -0.05) is 54.1 Å². The highest BCUT2D eigenvalue weighted by atomic mass is 16.2. The first-order chi connectivity index (χ1) is 15.0. The van der Waals surface area contributed by atoms with Gasteiger partial charge in [0.05, 0.1) is 12.2 Å². The van der Waals surface area contributed by atoms with E-state index in [0.29, 0.717) is 6.42 Å². The normalized spacial score (nSPS) is 15.8. The lowest BCUT2D eigenvalue weighted by molar-refractivity contribution is -0.133. The average Bonchev–Trinajstić information content (AvgIpc) is 3.21. The van der Waals surface area contributed by atoms with E-state index in [0.717, 1.165) is 38.2 Å². The van der Waals surface area contributed by atoms with Gasteiger partial charge in [-0.25, -0.2) is 0 Å². The molecule has 1 fully saturated rings. The first kappa shape index (κ1) is 21.3. The smallest absolute Gasteiger partial charge is 0.222 e. The van der Waals surface area contributed by atoms with E-state index in [9.17, 15) is 4.79 Å². The molecule has 0 saturated carbocycles. The number of benzene rings is 2. The number of amides is 1. The van der Waals surface area contributed by atoms with E-state index in [2.05, 4.69) is 72.4 Å². The number of hydrogen-bond acceptors (Lipinski definition) is 3. The van der Waals surface area contributed by atoms with Gasteiger partial charge in [-0.05, 0) is 42.5 Å². The lowest BCUT2D eigenvalue weighted by Crippen LogP contribution is -2.50. The lowest BCUT2D eigenvalue weighted by Gasteiger charge is -2.40. The van der Waals surface area contributed by atoms with E-state index >= 15 is 0 Å². The number of rotatable bonds is 6. The van der Waals surface area contributed by atoms with Crippen molar-refractivity contribution in [3.63, 3.8) is 0 Å². The standard InChI is InChI=1S/C26H32N4O/c1-20-9-10-21(2)24(17-20)26(23-7-5-4-6-8-23)30-15-13-29(14-16-30)25(31)12-11-22-18-27-28(3)19-22/h4-10,17-19,26H,11-16H2,1-3H3/t26-/m0/s1. The van der Waals surface area contributed by atoms with Crippen LogP contribution in [0.3, 0.4) is 0 Å². The Labute approximate surface area is 185 Å². The summed E-state index contributed by atoms with van der Waals surface area (Å²) >= 11 is 0. The summed E-state index contributed by atoms with van der Waals surface area (Å²) in [5.41, 5.74) is 6.39. The highest BCUT2D eigenvalue weighted by Gasteiger charge is 2.29. The third kappa shape index (κ3) is 5.05. The van der Waals surface area contributed by atoms with Crippen LogP contribution in [0.1, 0.15) is 40.3 Å². The molecule has 5 nitrogen and oxygen atoms in total. The highest BCUT2D eigenvalue weighted by Crippen LogP contribution is 2.32. The van der Waals surface area contributed by atoms with Crippen molar-refractivity contribution in [2.45, 2.75) is 32.7 Å². The van der Waals surface area contributed by atoms with Crippen LogP contribution >= 0.6 is 0 Å². The fraction of sp³-hybridized carbons (Fsp3) is 0.385. The van der Waals surface area contributed by atoms with Crippen LogP contribution in [0.15, 0.2) is 60.9 Å². The van der Waals surface area contributed by atoms with Gasteiger partial charge in [-0.15, -0.1) is 0 Å². The van der Waals surface area contributed by atoms with Crippen molar-refractivity contribution < 1.29 is 4.79 Å². The van der Waals surface area contributed by atoms with Gasteiger partial charge >= 0.3 is 0 Å². The van der Waals surface area contributed by atoms with E-state index in [4.69, 9.17) is 0 Å². The minimum Gasteiger partial charge on any atom is -0.340 e. The summed E-state index contributed by atoms with van der Waals surface area (Å²) in [6.07, 6.45) is 5.13. The molecule has 3 aromatic rings. The van der Waals surface area contributed by atoms with Gasteiger partial charge in [0.1, 0.15) is 0 Å². The minimum atomic E-state index is 0.216. The molecule has 0 unspecified atom stereocenters. The Hall–Kier alpha value is -2.92. The molecule has 0 aliphatic carbocycles. The van der Waals surface area contributed by atoms with Crippen molar-refractivity contribution in [1.82, 2.24) is 19.6 Å². The fourth-order valence-electron chi connectivity index (χ4n) is 4.52. The number of carbonyl (C=O) groups is 1. The Morgan fingerprint density at radius 1 is 1.03 bits per heavy atom. The van der Waals surface area contributed by atoms with Crippen LogP contribution in [0.4, 0.5) is 0 Å². The van der Waals surface area contributed by atoms with Crippen molar-refractivity contribution in [3.8, 4) is 0 Å². The van der Waals surface area contributed by atoms with Gasteiger partial charge in [0.2, 0.25) is 5.91 Å². The monoisotopic (exact) mass is 416 g/mol. The molecule has 1 saturated heterocycles. The zero-order chi connectivity index (χ0) is 21.8. The molecule has 0 radical (unpaired) electrons. The third-order valence-corrected chi connectivity index (χ3v) is 6.26. The molecular weight excluding hydrogens is 384 g/mol. The second kappa shape index (κ2) is 9.48. The zero-order valence-corrected chi connectivity index (χ0v) is 18.8. The van der Waals surface area contributed by atoms with Gasteiger partial charge in [0.15, 0.2) is 0 Å². The Kier molecular flexibility index (Phi) is 6.52. The first-order valence-electron chi connectivity index (χ1n) is 11.1. The van der Waals surface area contributed by atoms with Crippen molar-refractivity contribution in [2.75, 3.05) is 26.2 Å². The summed E-state index contributed by atoms with van der Waals surface area (Å²) in [5, 5.41) is 4.19. The molecule has 0 N–H and O–H groups in total. The van der Waals surface area contributed by atoms with E-state index in [1.165, 1.54) is 22.3 Å². The molecule has 2 heterocycles. The maximum Gasteiger partial charge on any atom is 0.222 e. The number of nitrogens with zero attached hydrogens (tertiary/aromatic N) is 4. The molecule has 162 valence electrons. The minimum absolute atomic E-state index is 0.216. The number of hydrogen-bond donors (Lipinski definition) is 0. The number of carbonyl (C=O) groups excluding carboxylic acids is 1. The molecule has 4 rings (SSSR count). The second-order valence-corrected chi connectivity index (χ2v) is 8.61. The number of piperazine rings is 1. The topological polar surface area (TPSA) is 41.4 Å². The maximum atomic E-state index is 12.8. The van der Waals surface area contributed by atoms with E-state index in [1.807, 2.05) is 24.3 Å². The van der Waals surface area contributed by atoms with Gasteiger partial charge in [0, 0.05) is 45.8 Å². The molecule has 1 aromatic heterocycles. The van der Waals surface area contributed by atoms with E-state index in [-0.39, 0.29) is 11.9 Å². The molecule has 1 atom stereocenters. The molecule has 1 aliphatic heterocycles. The second-order valence-electron chi connectivity index (χ2n) is 8.61.